The number of sulfone groups is 1. The molecule has 1 aromatic carbocycles. The summed E-state index contributed by atoms with van der Waals surface area (Å²) in [4.78, 5) is 4.86. The van der Waals surface area contributed by atoms with Gasteiger partial charge in [0.1, 0.15) is 0 Å². The smallest absolute Gasteiger partial charge is 0.191 e. The van der Waals surface area contributed by atoms with E-state index in [0.717, 1.165) is 11.0 Å². The van der Waals surface area contributed by atoms with Crippen LogP contribution < -0.4 is 10.6 Å². The van der Waals surface area contributed by atoms with Crippen molar-refractivity contribution in [2.75, 3.05) is 31.6 Å². The third-order valence-electron chi connectivity index (χ3n) is 3.35. The molecule has 0 saturated heterocycles. The van der Waals surface area contributed by atoms with Crippen molar-refractivity contribution in [3.05, 3.63) is 28.7 Å². The lowest BCUT2D eigenvalue weighted by molar-refractivity contribution is 0.594. The van der Waals surface area contributed by atoms with E-state index < -0.39 is 9.84 Å². The highest BCUT2D eigenvalue weighted by atomic mass is 127. The second-order valence-electron chi connectivity index (χ2n) is 5.86. The monoisotopic (exact) mass is 563 g/mol. The van der Waals surface area contributed by atoms with Crippen LogP contribution in [0.5, 0.6) is 0 Å². The molecule has 0 radical (unpaired) electrons. The summed E-state index contributed by atoms with van der Waals surface area (Å²) in [7, 11) is -3.31. The summed E-state index contributed by atoms with van der Waals surface area (Å²) in [5, 5.41) is 6.24. The van der Waals surface area contributed by atoms with E-state index in [1.165, 1.54) is 0 Å². The number of benzene rings is 1. The van der Waals surface area contributed by atoms with Crippen LogP contribution in [0.4, 0.5) is 0 Å². The first kappa shape index (κ1) is 25.0. The highest BCUT2D eigenvalue weighted by Gasteiger charge is 2.16. The Labute approximate surface area is 181 Å². The van der Waals surface area contributed by atoms with Crippen LogP contribution in [0.15, 0.2) is 38.6 Å². The molecule has 0 bridgehead atoms. The standard InChI is InChI=1S/C16H26BrN3O2S2.HI/c1-5-18-15(20-12-16(2,3)23-4)19-10-11-24(21,22)14-8-6-13(17)7-9-14;/h6-9H,5,10-12H2,1-4H3,(H2,18,19,20);1H. The Morgan fingerprint density at radius 2 is 1.84 bits per heavy atom. The molecule has 1 rings (SSSR count). The molecule has 2 N–H and O–H groups in total. The molecule has 25 heavy (non-hydrogen) atoms. The van der Waals surface area contributed by atoms with E-state index in [1.807, 2.05) is 6.92 Å². The summed E-state index contributed by atoms with van der Waals surface area (Å²) in [6.45, 7) is 7.93. The quantitative estimate of drug-likeness (QED) is 0.288. The van der Waals surface area contributed by atoms with Crippen molar-refractivity contribution in [3.8, 4) is 0 Å². The average Bonchev–Trinajstić information content (AvgIpc) is 2.53. The third kappa shape index (κ3) is 9.48. The molecule has 0 aliphatic carbocycles. The van der Waals surface area contributed by atoms with Gasteiger partial charge in [-0.05, 0) is 51.3 Å². The number of nitrogens with zero attached hydrogens (tertiary/aromatic N) is 1. The van der Waals surface area contributed by atoms with Gasteiger partial charge in [-0.2, -0.15) is 11.8 Å². The van der Waals surface area contributed by atoms with Crippen molar-refractivity contribution in [3.63, 3.8) is 0 Å². The minimum atomic E-state index is -3.31. The second kappa shape index (κ2) is 11.7. The van der Waals surface area contributed by atoms with Crippen LogP contribution in [0.1, 0.15) is 20.8 Å². The van der Waals surface area contributed by atoms with Gasteiger partial charge in [0.05, 0.1) is 17.2 Å². The fraction of sp³-hybridized carbons (Fsp3) is 0.562. The van der Waals surface area contributed by atoms with Crippen LogP contribution in [0.25, 0.3) is 0 Å². The Bertz CT molecular complexity index is 650. The van der Waals surface area contributed by atoms with Crippen molar-refractivity contribution in [1.82, 2.24) is 10.6 Å². The van der Waals surface area contributed by atoms with Crippen molar-refractivity contribution >= 4 is 67.5 Å². The number of rotatable bonds is 8. The van der Waals surface area contributed by atoms with Gasteiger partial charge in [-0.1, -0.05) is 15.9 Å². The van der Waals surface area contributed by atoms with Crippen LogP contribution in [0.2, 0.25) is 0 Å². The Morgan fingerprint density at radius 1 is 1.24 bits per heavy atom. The largest absolute Gasteiger partial charge is 0.357 e. The molecule has 1 aromatic rings. The first-order chi connectivity index (χ1) is 11.2. The normalized spacial score (nSPS) is 12.4. The van der Waals surface area contributed by atoms with E-state index in [2.05, 4.69) is 51.7 Å². The molecule has 9 heteroatoms. The molecule has 0 spiro atoms. The number of guanidine groups is 1. The molecule has 0 aliphatic rings. The number of aliphatic imine (C=N–C) groups is 1. The topological polar surface area (TPSA) is 70.6 Å². The minimum Gasteiger partial charge on any atom is -0.357 e. The zero-order valence-electron chi connectivity index (χ0n) is 15.0. The van der Waals surface area contributed by atoms with Crippen LogP contribution >= 0.6 is 51.7 Å². The van der Waals surface area contributed by atoms with Crippen LogP contribution in [0.3, 0.4) is 0 Å². The lowest BCUT2D eigenvalue weighted by Crippen LogP contribution is -2.40. The van der Waals surface area contributed by atoms with Crippen LogP contribution in [-0.2, 0) is 9.84 Å². The summed E-state index contributed by atoms with van der Waals surface area (Å²) < 4.78 is 25.6. The maximum absolute atomic E-state index is 12.3. The molecule has 0 saturated carbocycles. The average molecular weight is 564 g/mol. The van der Waals surface area contributed by atoms with E-state index >= 15 is 0 Å². The Hall–Kier alpha value is -0.000000000000000111. The lowest BCUT2D eigenvalue weighted by Gasteiger charge is -2.20. The van der Waals surface area contributed by atoms with Gasteiger partial charge in [-0.15, -0.1) is 24.0 Å². The predicted octanol–water partition coefficient (Wildman–Crippen LogP) is 3.54. The highest BCUT2D eigenvalue weighted by molar-refractivity contribution is 14.0. The number of nitrogens with one attached hydrogen (secondary N) is 2. The molecular weight excluding hydrogens is 537 g/mol. The molecule has 0 fully saturated rings. The Morgan fingerprint density at radius 3 is 2.36 bits per heavy atom. The molecule has 0 aliphatic heterocycles. The van der Waals surface area contributed by atoms with Gasteiger partial charge in [-0.3, -0.25) is 4.99 Å². The zero-order chi connectivity index (χ0) is 18.2. The molecule has 0 atom stereocenters. The molecule has 0 amide bonds. The van der Waals surface area contributed by atoms with Gasteiger partial charge < -0.3 is 10.6 Å². The number of hydrogen-bond acceptors (Lipinski definition) is 4. The molecule has 5 nitrogen and oxygen atoms in total. The second-order valence-corrected chi connectivity index (χ2v) is 10.4. The number of thioether (sulfide) groups is 1. The van der Waals surface area contributed by atoms with Crippen molar-refractivity contribution in [2.45, 2.75) is 30.4 Å². The fourth-order valence-corrected chi connectivity index (χ4v) is 3.35. The summed E-state index contributed by atoms with van der Waals surface area (Å²) in [5.41, 5.74) is 0. The molecular formula is C16H27BrIN3O2S2. The number of hydrogen-bond donors (Lipinski definition) is 2. The maximum Gasteiger partial charge on any atom is 0.191 e. The van der Waals surface area contributed by atoms with Crippen molar-refractivity contribution < 1.29 is 8.42 Å². The summed E-state index contributed by atoms with van der Waals surface area (Å²) in [6.07, 6.45) is 2.06. The van der Waals surface area contributed by atoms with Gasteiger partial charge >= 0.3 is 0 Å². The SMILES string of the molecule is CCNC(=NCC(C)(C)SC)NCCS(=O)(=O)c1ccc(Br)cc1.I. The molecule has 0 aromatic heterocycles. The summed E-state index contributed by atoms with van der Waals surface area (Å²) in [5.74, 6) is 0.663. The van der Waals surface area contributed by atoms with E-state index in [9.17, 15) is 8.42 Å². The first-order valence-corrected chi connectivity index (χ1v) is 11.4. The van der Waals surface area contributed by atoms with Gasteiger partial charge in [0.25, 0.3) is 0 Å². The van der Waals surface area contributed by atoms with Gasteiger partial charge in [-0.25, -0.2) is 8.42 Å². The van der Waals surface area contributed by atoms with Crippen LogP contribution in [0, 0.1) is 0 Å². The highest BCUT2D eigenvalue weighted by Crippen LogP contribution is 2.21. The van der Waals surface area contributed by atoms with E-state index in [1.54, 1.807) is 36.0 Å². The van der Waals surface area contributed by atoms with Crippen LogP contribution in [-0.4, -0.2) is 50.8 Å². The summed E-state index contributed by atoms with van der Waals surface area (Å²) >= 11 is 5.06. The minimum absolute atomic E-state index is 0. The molecule has 144 valence electrons. The van der Waals surface area contributed by atoms with E-state index in [4.69, 9.17) is 0 Å². The Balaban J connectivity index is 0.00000576. The predicted molar refractivity (Wildman–Crippen MR) is 123 cm³/mol. The summed E-state index contributed by atoms with van der Waals surface area (Å²) in [6, 6.07) is 6.69. The van der Waals surface area contributed by atoms with E-state index in [-0.39, 0.29) is 34.5 Å². The third-order valence-corrected chi connectivity index (χ3v) is 6.85. The first-order valence-electron chi connectivity index (χ1n) is 7.76. The maximum atomic E-state index is 12.3. The van der Waals surface area contributed by atoms with E-state index in [0.29, 0.717) is 23.9 Å². The fourth-order valence-electron chi connectivity index (χ4n) is 1.74. The molecule has 0 unspecified atom stereocenters. The van der Waals surface area contributed by atoms with Gasteiger partial charge in [0, 0.05) is 22.3 Å². The zero-order valence-corrected chi connectivity index (χ0v) is 20.6. The van der Waals surface area contributed by atoms with Crippen molar-refractivity contribution in [1.29, 1.82) is 0 Å². The van der Waals surface area contributed by atoms with Gasteiger partial charge in [0.2, 0.25) is 0 Å². The van der Waals surface area contributed by atoms with Gasteiger partial charge in [0.15, 0.2) is 15.8 Å². The number of halogens is 2. The lowest BCUT2D eigenvalue weighted by atomic mass is 10.2. The van der Waals surface area contributed by atoms with Crippen molar-refractivity contribution in [2.24, 2.45) is 4.99 Å². The molecule has 0 heterocycles. The Kier molecular flexibility index (Phi) is 11.7.